The van der Waals surface area contributed by atoms with Crippen LogP contribution in [-0.2, 0) is 6.18 Å². The Labute approximate surface area is 96.8 Å². The van der Waals surface area contributed by atoms with Crippen molar-refractivity contribution in [3.63, 3.8) is 0 Å². The van der Waals surface area contributed by atoms with Crippen LogP contribution in [0, 0.1) is 0 Å². The highest BCUT2D eigenvalue weighted by atomic mass is 35.5. The van der Waals surface area contributed by atoms with Crippen LogP contribution in [0.5, 0.6) is 0 Å². The summed E-state index contributed by atoms with van der Waals surface area (Å²) in [5.74, 6) is 0.703. The Morgan fingerprint density at radius 1 is 1.31 bits per heavy atom. The van der Waals surface area contributed by atoms with Gasteiger partial charge < -0.3 is 5.32 Å². The SMILES string of the molecule is CC(C)(CCl)Nc1ccc(C(F)(F)F)cn1. The molecule has 0 aliphatic carbocycles. The first-order chi connectivity index (χ1) is 7.24. The molecule has 1 aromatic heterocycles. The van der Waals surface area contributed by atoms with E-state index in [4.69, 9.17) is 11.6 Å². The highest BCUT2D eigenvalue weighted by Crippen LogP contribution is 2.29. The van der Waals surface area contributed by atoms with E-state index in [1.54, 1.807) is 0 Å². The molecule has 16 heavy (non-hydrogen) atoms. The van der Waals surface area contributed by atoms with Crippen molar-refractivity contribution in [3.05, 3.63) is 23.9 Å². The second-order valence-electron chi connectivity index (χ2n) is 4.07. The summed E-state index contributed by atoms with van der Waals surface area (Å²) in [7, 11) is 0. The molecule has 0 fully saturated rings. The van der Waals surface area contributed by atoms with Gasteiger partial charge in [-0.25, -0.2) is 4.98 Å². The zero-order valence-corrected chi connectivity index (χ0v) is 9.65. The second kappa shape index (κ2) is 4.49. The van der Waals surface area contributed by atoms with E-state index in [0.717, 1.165) is 12.3 Å². The van der Waals surface area contributed by atoms with Crippen LogP contribution in [0.15, 0.2) is 18.3 Å². The van der Waals surface area contributed by atoms with Gasteiger partial charge in [0.2, 0.25) is 0 Å². The molecule has 0 atom stereocenters. The normalized spacial score (nSPS) is 12.6. The topological polar surface area (TPSA) is 24.9 Å². The van der Waals surface area contributed by atoms with Crippen molar-refractivity contribution in [2.75, 3.05) is 11.2 Å². The number of alkyl halides is 4. The average molecular weight is 253 g/mol. The van der Waals surface area contributed by atoms with Gasteiger partial charge >= 0.3 is 6.18 Å². The maximum absolute atomic E-state index is 12.2. The fourth-order valence-electron chi connectivity index (χ4n) is 1.02. The first kappa shape index (κ1) is 13.1. The van der Waals surface area contributed by atoms with Crippen LogP contribution in [0.4, 0.5) is 19.0 Å². The Hall–Kier alpha value is -0.970. The van der Waals surface area contributed by atoms with Crippen molar-refractivity contribution in [3.8, 4) is 0 Å². The Morgan fingerprint density at radius 3 is 2.31 bits per heavy atom. The summed E-state index contributed by atoms with van der Waals surface area (Å²) >= 11 is 5.68. The number of hydrogen-bond acceptors (Lipinski definition) is 2. The molecule has 0 unspecified atom stereocenters. The minimum absolute atomic E-state index is 0.329. The molecule has 90 valence electrons. The Balaban J connectivity index is 2.80. The minimum atomic E-state index is -4.35. The Bertz CT molecular complexity index is 346. The molecule has 6 heteroatoms. The van der Waals surface area contributed by atoms with Crippen LogP contribution >= 0.6 is 11.6 Å². The molecule has 0 saturated heterocycles. The van der Waals surface area contributed by atoms with Crippen LogP contribution in [0.25, 0.3) is 0 Å². The molecule has 0 spiro atoms. The number of halogens is 4. The van der Waals surface area contributed by atoms with Crippen molar-refractivity contribution in [2.24, 2.45) is 0 Å². The molecule has 1 aromatic rings. The molecule has 2 nitrogen and oxygen atoms in total. The molecule has 0 radical (unpaired) electrons. The van der Waals surface area contributed by atoms with Crippen LogP contribution < -0.4 is 5.32 Å². The Morgan fingerprint density at radius 2 is 1.94 bits per heavy atom. The summed E-state index contributed by atoms with van der Waals surface area (Å²) in [6.45, 7) is 3.67. The molecule has 1 heterocycles. The lowest BCUT2D eigenvalue weighted by Gasteiger charge is -2.24. The van der Waals surface area contributed by atoms with Gasteiger partial charge in [-0.1, -0.05) is 0 Å². The maximum Gasteiger partial charge on any atom is 0.417 e. The van der Waals surface area contributed by atoms with Gasteiger partial charge in [-0.05, 0) is 26.0 Å². The van der Waals surface area contributed by atoms with Gasteiger partial charge in [-0.15, -0.1) is 11.6 Å². The van der Waals surface area contributed by atoms with Gasteiger partial charge in [0.1, 0.15) is 5.82 Å². The molecular formula is C10H12ClF3N2. The maximum atomic E-state index is 12.2. The van der Waals surface area contributed by atoms with E-state index in [-0.39, 0.29) is 0 Å². The summed E-state index contributed by atoms with van der Waals surface area (Å²) in [6.07, 6.45) is -3.56. The van der Waals surface area contributed by atoms with Gasteiger partial charge in [0.15, 0.2) is 0 Å². The predicted octanol–water partition coefficient (Wildman–Crippen LogP) is 3.53. The van der Waals surface area contributed by atoms with Crippen molar-refractivity contribution in [2.45, 2.75) is 25.6 Å². The highest BCUT2D eigenvalue weighted by Gasteiger charge is 2.30. The minimum Gasteiger partial charge on any atom is -0.364 e. The van der Waals surface area contributed by atoms with Crippen molar-refractivity contribution < 1.29 is 13.2 Å². The quantitative estimate of drug-likeness (QED) is 0.833. The lowest BCUT2D eigenvalue weighted by molar-refractivity contribution is -0.137. The van der Waals surface area contributed by atoms with Crippen LogP contribution in [0.3, 0.4) is 0 Å². The number of pyridine rings is 1. The summed E-state index contributed by atoms with van der Waals surface area (Å²) < 4.78 is 36.7. The molecule has 0 amide bonds. The van der Waals surface area contributed by atoms with Gasteiger partial charge in [0.25, 0.3) is 0 Å². The lowest BCUT2D eigenvalue weighted by Crippen LogP contribution is -2.33. The van der Waals surface area contributed by atoms with Crippen molar-refractivity contribution in [1.29, 1.82) is 0 Å². The summed E-state index contributed by atoms with van der Waals surface area (Å²) in [6, 6.07) is 2.27. The zero-order chi connectivity index (χ0) is 12.4. The third-order valence-corrected chi connectivity index (χ3v) is 2.56. The summed E-state index contributed by atoms with van der Waals surface area (Å²) in [4.78, 5) is 3.69. The molecule has 1 N–H and O–H groups in total. The molecule has 0 aliphatic rings. The average Bonchev–Trinajstić information content (AvgIpc) is 2.16. The van der Waals surface area contributed by atoms with E-state index < -0.39 is 17.3 Å². The van der Waals surface area contributed by atoms with Gasteiger partial charge in [-0.3, -0.25) is 0 Å². The first-order valence-corrected chi connectivity index (χ1v) is 5.15. The van der Waals surface area contributed by atoms with E-state index in [1.165, 1.54) is 6.07 Å². The number of anilines is 1. The fraction of sp³-hybridized carbons (Fsp3) is 0.500. The molecule has 1 rings (SSSR count). The Kier molecular flexibility index (Phi) is 3.68. The van der Waals surface area contributed by atoms with Crippen molar-refractivity contribution >= 4 is 17.4 Å². The second-order valence-corrected chi connectivity index (χ2v) is 4.34. The van der Waals surface area contributed by atoms with Crippen LogP contribution in [-0.4, -0.2) is 16.4 Å². The lowest BCUT2D eigenvalue weighted by atomic mass is 10.1. The van der Waals surface area contributed by atoms with E-state index in [2.05, 4.69) is 10.3 Å². The van der Waals surface area contributed by atoms with E-state index in [0.29, 0.717) is 11.7 Å². The standard InChI is InChI=1S/C10H12ClF3N2/c1-9(2,6-11)16-8-4-3-7(5-15-8)10(12,13)14/h3-5H,6H2,1-2H3,(H,15,16). The third-order valence-electron chi connectivity index (χ3n) is 1.89. The molecular weight excluding hydrogens is 241 g/mol. The summed E-state index contributed by atoms with van der Waals surface area (Å²) in [5.41, 5.74) is -1.17. The molecule has 0 bridgehead atoms. The highest BCUT2D eigenvalue weighted by molar-refractivity contribution is 6.18. The number of hydrogen-bond donors (Lipinski definition) is 1. The fourth-order valence-corrected chi connectivity index (χ4v) is 1.08. The van der Waals surface area contributed by atoms with E-state index in [9.17, 15) is 13.2 Å². The van der Waals surface area contributed by atoms with E-state index in [1.807, 2.05) is 13.8 Å². The number of nitrogens with one attached hydrogen (secondary N) is 1. The molecule has 0 aliphatic heterocycles. The summed E-state index contributed by atoms with van der Waals surface area (Å²) in [5, 5.41) is 2.94. The predicted molar refractivity (Wildman–Crippen MR) is 57.7 cm³/mol. The largest absolute Gasteiger partial charge is 0.417 e. The number of rotatable bonds is 3. The van der Waals surface area contributed by atoms with Crippen molar-refractivity contribution in [1.82, 2.24) is 4.98 Å². The monoisotopic (exact) mass is 252 g/mol. The molecule has 0 aromatic carbocycles. The zero-order valence-electron chi connectivity index (χ0n) is 8.90. The van der Waals surface area contributed by atoms with Crippen LogP contribution in [0.1, 0.15) is 19.4 Å². The van der Waals surface area contributed by atoms with Crippen LogP contribution in [0.2, 0.25) is 0 Å². The van der Waals surface area contributed by atoms with E-state index >= 15 is 0 Å². The first-order valence-electron chi connectivity index (χ1n) is 4.62. The van der Waals surface area contributed by atoms with Gasteiger partial charge in [0, 0.05) is 17.6 Å². The smallest absolute Gasteiger partial charge is 0.364 e. The number of nitrogens with zero attached hydrogens (tertiary/aromatic N) is 1. The van der Waals surface area contributed by atoms with Gasteiger partial charge in [0.05, 0.1) is 5.56 Å². The third kappa shape index (κ3) is 3.56. The van der Waals surface area contributed by atoms with Gasteiger partial charge in [-0.2, -0.15) is 13.2 Å². The molecule has 0 saturated carbocycles. The number of aromatic nitrogens is 1.